The van der Waals surface area contributed by atoms with Gasteiger partial charge in [-0.2, -0.15) is 9.78 Å². The number of hydrogen-bond donors (Lipinski definition) is 1. The van der Waals surface area contributed by atoms with Gasteiger partial charge < -0.3 is 19.6 Å². The zero-order chi connectivity index (χ0) is 32.0. The number of carboxylic acid groups (broad SMARTS) is 1. The van der Waals surface area contributed by atoms with Gasteiger partial charge in [-0.1, -0.05) is 29.8 Å². The predicted molar refractivity (Wildman–Crippen MR) is 168 cm³/mol. The van der Waals surface area contributed by atoms with E-state index in [1.54, 1.807) is 11.0 Å². The molecular formula is C34H41ClN4O6. The highest BCUT2D eigenvalue weighted by atomic mass is 35.5. The van der Waals surface area contributed by atoms with Gasteiger partial charge in [0, 0.05) is 44.1 Å². The van der Waals surface area contributed by atoms with Crippen molar-refractivity contribution in [1.82, 2.24) is 19.6 Å². The molecule has 4 aliphatic rings. The monoisotopic (exact) mass is 636 g/mol. The molecule has 1 aliphatic heterocycles. The number of aromatic nitrogens is 2. The molecule has 240 valence electrons. The summed E-state index contributed by atoms with van der Waals surface area (Å²) in [4.78, 5) is 55.7. The van der Waals surface area contributed by atoms with E-state index in [2.05, 4.69) is 0 Å². The normalized spacial score (nSPS) is 22.0. The highest BCUT2D eigenvalue weighted by Gasteiger charge is 2.38. The Kier molecular flexibility index (Phi) is 8.54. The van der Waals surface area contributed by atoms with Crippen molar-refractivity contribution in [2.24, 2.45) is 11.8 Å². The van der Waals surface area contributed by atoms with Gasteiger partial charge in [-0.25, -0.2) is 4.79 Å². The van der Waals surface area contributed by atoms with Crippen molar-refractivity contribution in [3.63, 3.8) is 0 Å². The SMILES string of the molecule is CC(C)(C)OC(=O)N1CCN(C(=O)C2CCc3c(C4=CCC(C(=O)O)CC4)nn(C(=O)c4c(Cl)cccc4C4CC4)c3C2)CC1. The van der Waals surface area contributed by atoms with Crippen LogP contribution in [0.2, 0.25) is 5.02 Å². The van der Waals surface area contributed by atoms with Crippen molar-refractivity contribution in [2.45, 2.75) is 83.7 Å². The molecule has 45 heavy (non-hydrogen) atoms. The summed E-state index contributed by atoms with van der Waals surface area (Å²) < 4.78 is 6.98. The summed E-state index contributed by atoms with van der Waals surface area (Å²) in [7, 11) is 0. The van der Waals surface area contributed by atoms with Gasteiger partial charge in [0.1, 0.15) is 5.60 Å². The fourth-order valence-corrected chi connectivity index (χ4v) is 7.09. The number of hydrogen-bond acceptors (Lipinski definition) is 6. The van der Waals surface area contributed by atoms with Crippen LogP contribution in [0, 0.1) is 11.8 Å². The molecule has 0 spiro atoms. The Bertz CT molecular complexity index is 1560. The molecule has 1 aromatic carbocycles. The van der Waals surface area contributed by atoms with Crippen molar-refractivity contribution in [3.8, 4) is 0 Å². The molecule has 1 aromatic heterocycles. The summed E-state index contributed by atoms with van der Waals surface area (Å²) >= 11 is 6.65. The summed E-state index contributed by atoms with van der Waals surface area (Å²) in [6.07, 6.45) is 6.69. The number of rotatable bonds is 5. The molecule has 11 heteroatoms. The van der Waals surface area contributed by atoms with Crippen LogP contribution in [0.3, 0.4) is 0 Å². The van der Waals surface area contributed by atoms with Crippen molar-refractivity contribution in [3.05, 3.63) is 57.4 Å². The third-order valence-electron chi connectivity index (χ3n) is 9.40. The second-order valence-corrected chi connectivity index (χ2v) is 14.1. The molecule has 1 saturated carbocycles. The second-order valence-electron chi connectivity index (χ2n) is 13.7. The van der Waals surface area contributed by atoms with Gasteiger partial charge in [0.05, 0.1) is 27.9 Å². The standard InChI is InChI=1S/C34H41ClN4O6/c1-34(2,3)45-33(44)38-17-15-37(16-18-38)30(40)23-13-14-25-27(19-23)39(36-29(25)21-9-11-22(12-10-21)32(42)43)31(41)28-24(20-7-8-20)5-4-6-26(28)35/h4-6,9,20,22-23H,7-8,10-19H2,1-3H3,(H,42,43). The number of carbonyl (C=O) groups is 4. The number of ether oxygens (including phenoxy) is 1. The Hall–Kier alpha value is -3.66. The highest BCUT2D eigenvalue weighted by Crippen LogP contribution is 2.44. The van der Waals surface area contributed by atoms with Crippen LogP contribution in [0.4, 0.5) is 4.79 Å². The Balaban J connectivity index is 1.27. The van der Waals surface area contributed by atoms with Gasteiger partial charge in [0.15, 0.2) is 0 Å². The smallest absolute Gasteiger partial charge is 0.410 e. The molecule has 1 N–H and O–H groups in total. The van der Waals surface area contributed by atoms with E-state index in [9.17, 15) is 24.3 Å². The first-order valence-corrected chi connectivity index (χ1v) is 16.4. The Morgan fingerprint density at radius 1 is 0.956 bits per heavy atom. The summed E-state index contributed by atoms with van der Waals surface area (Å²) in [6, 6.07) is 5.57. The number of halogens is 1. The van der Waals surface area contributed by atoms with E-state index in [0.29, 0.717) is 81.2 Å². The second kappa shape index (κ2) is 12.3. The Morgan fingerprint density at radius 3 is 2.27 bits per heavy atom. The topological polar surface area (TPSA) is 122 Å². The van der Waals surface area contributed by atoms with Crippen LogP contribution in [0.25, 0.3) is 5.57 Å². The number of benzene rings is 1. The van der Waals surface area contributed by atoms with Crippen molar-refractivity contribution >= 4 is 41.1 Å². The van der Waals surface area contributed by atoms with E-state index in [1.807, 2.05) is 43.9 Å². The van der Waals surface area contributed by atoms with Crippen LogP contribution in [0.1, 0.15) is 98.1 Å². The number of nitrogens with zero attached hydrogens (tertiary/aromatic N) is 4. The fraction of sp³-hybridized carbons (Fsp3) is 0.559. The van der Waals surface area contributed by atoms with E-state index in [-0.39, 0.29) is 23.8 Å². The van der Waals surface area contributed by atoms with Crippen LogP contribution in [0.15, 0.2) is 24.3 Å². The Labute approximate surface area is 268 Å². The zero-order valence-corrected chi connectivity index (χ0v) is 26.9. The lowest BCUT2D eigenvalue weighted by Crippen LogP contribution is -2.53. The number of aliphatic carboxylic acids is 1. The van der Waals surface area contributed by atoms with Crippen LogP contribution in [-0.4, -0.2) is 80.3 Å². The molecule has 6 rings (SSSR count). The third-order valence-corrected chi connectivity index (χ3v) is 9.71. The quantitative estimate of drug-likeness (QED) is 0.456. The van der Waals surface area contributed by atoms with Crippen LogP contribution in [-0.2, 0) is 27.2 Å². The molecule has 2 unspecified atom stereocenters. The predicted octanol–water partition coefficient (Wildman–Crippen LogP) is 5.55. The minimum absolute atomic E-state index is 0.0174. The summed E-state index contributed by atoms with van der Waals surface area (Å²) in [5.74, 6) is -1.51. The van der Waals surface area contributed by atoms with E-state index < -0.39 is 17.5 Å². The van der Waals surface area contributed by atoms with Crippen molar-refractivity contribution in [2.75, 3.05) is 26.2 Å². The van der Waals surface area contributed by atoms with Crippen molar-refractivity contribution in [1.29, 1.82) is 0 Å². The summed E-state index contributed by atoms with van der Waals surface area (Å²) in [6.45, 7) is 7.15. The van der Waals surface area contributed by atoms with Gasteiger partial charge in [-0.15, -0.1) is 0 Å². The zero-order valence-electron chi connectivity index (χ0n) is 26.2. The molecule has 2 aromatic rings. The van der Waals surface area contributed by atoms with Crippen molar-refractivity contribution < 1.29 is 29.0 Å². The van der Waals surface area contributed by atoms with E-state index in [1.165, 1.54) is 4.68 Å². The maximum absolute atomic E-state index is 14.3. The largest absolute Gasteiger partial charge is 0.481 e. The maximum atomic E-state index is 14.3. The molecule has 10 nitrogen and oxygen atoms in total. The molecule has 3 aliphatic carbocycles. The number of fused-ring (bicyclic) bond motifs is 1. The average Bonchev–Trinajstić information content (AvgIpc) is 3.79. The lowest BCUT2D eigenvalue weighted by molar-refractivity contribution is -0.142. The maximum Gasteiger partial charge on any atom is 0.410 e. The van der Waals surface area contributed by atoms with Gasteiger partial charge in [-0.05, 0) is 88.8 Å². The lowest BCUT2D eigenvalue weighted by atomic mass is 9.82. The number of piperazine rings is 1. The highest BCUT2D eigenvalue weighted by molar-refractivity contribution is 6.34. The lowest BCUT2D eigenvalue weighted by Gasteiger charge is -2.37. The van der Waals surface area contributed by atoms with Crippen LogP contribution < -0.4 is 0 Å². The molecule has 0 bridgehead atoms. The van der Waals surface area contributed by atoms with Gasteiger partial charge >= 0.3 is 12.1 Å². The third kappa shape index (κ3) is 6.52. The van der Waals surface area contributed by atoms with E-state index in [0.717, 1.165) is 40.9 Å². The van der Waals surface area contributed by atoms with Crippen LogP contribution in [0.5, 0.6) is 0 Å². The van der Waals surface area contributed by atoms with E-state index in [4.69, 9.17) is 21.4 Å². The molecule has 1 saturated heterocycles. The first kappa shape index (κ1) is 31.3. The summed E-state index contributed by atoms with van der Waals surface area (Å²) in [5.41, 5.74) is 4.20. The minimum atomic E-state index is -0.798. The number of amides is 2. The molecular weight excluding hydrogens is 596 g/mol. The van der Waals surface area contributed by atoms with Gasteiger partial charge in [-0.3, -0.25) is 14.4 Å². The average molecular weight is 637 g/mol. The summed E-state index contributed by atoms with van der Waals surface area (Å²) in [5, 5.41) is 14.8. The molecule has 2 heterocycles. The Morgan fingerprint density at radius 2 is 1.64 bits per heavy atom. The number of carboxylic acids is 1. The number of allylic oxidation sites excluding steroid dienone is 2. The first-order valence-electron chi connectivity index (χ1n) is 16.0. The number of carbonyl (C=O) groups excluding carboxylic acids is 3. The van der Waals surface area contributed by atoms with E-state index >= 15 is 0 Å². The van der Waals surface area contributed by atoms with Gasteiger partial charge in [0.25, 0.3) is 5.91 Å². The van der Waals surface area contributed by atoms with Gasteiger partial charge in [0.2, 0.25) is 5.91 Å². The molecule has 2 amide bonds. The molecule has 2 atom stereocenters. The first-order chi connectivity index (χ1) is 21.4. The minimum Gasteiger partial charge on any atom is -0.481 e. The molecule has 0 radical (unpaired) electrons. The van der Waals surface area contributed by atoms with Crippen LogP contribution >= 0.6 is 11.6 Å². The fourth-order valence-electron chi connectivity index (χ4n) is 6.82. The molecule has 2 fully saturated rings.